The Morgan fingerprint density at radius 1 is 1.40 bits per heavy atom. The summed E-state index contributed by atoms with van der Waals surface area (Å²) in [4.78, 5) is 12.8. The van der Waals surface area contributed by atoms with Gasteiger partial charge in [-0.05, 0) is 18.1 Å². The number of aromatic nitrogens is 2. The van der Waals surface area contributed by atoms with Gasteiger partial charge in [-0.15, -0.1) is 12.4 Å². The number of ether oxygens (including phenoxy) is 1. The molecule has 0 saturated heterocycles. The van der Waals surface area contributed by atoms with Gasteiger partial charge in [0.2, 0.25) is 0 Å². The van der Waals surface area contributed by atoms with Gasteiger partial charge in [0, 0.05) is 43.6 Å². The van der Waals surface area contributed by atoms with Gasteiger partial charge in [-0.1, -0.05) is 25.1 Å². The first-order valence-electron chi connectivity index (χ1n) is 8.42. The molecule has 1 aliphatic heterocycles. The van der Waals surface area contributed by atoms with Gasteiger partial charge in [-0.3, -0.25) is 9.48 Å². The molecule has 25 heavy (non-hydrogen) atoms. The van der Waals surface area contributed by atoms with Gasteiger partial charge in [-0.2, -0.15) is 5.10 Å². The van der Waals surface area contributed by atoms with Gasteiger partial charge >= 0.3 is 0 Å². The second kappa shape index (κ2) is 8.99. The predicted molar refractivity (Wildman–Crippen MR) is 101 cm³/mol. The van der Waals surface area contributed by atoms with Crippen molar-refractivity contribution in [1.82, 2.24) is 15.1 Å². The van der Waals surface area contributed by atoms with E-state index in [2.05, 4.69) is 22.7 Å². The number of para-hydroxylation sites is 1. The molecule has 1 aromatic carbocycles. The molecule has 0 bridgehead atoms. The van der Waals surface area contributed by atoms with E-state index in [1.165, 1.54) is 0 Å². The first-order valence-corrected chi connectivity index (χ1v) is 8.42. The number of anilines is 1. The predicted octanol–water partition coefficient (Wildman–Crippen LogP) is 2.41. The van der Waals surface area contributed by atoms with Crippen molar-refractivity contribution in [2.75, 3.05) is 25.6 Å². The summed E-state index contributed by atoms with van der Waals surface area (Å²) in [5, 5.41) is 10.9. The maximum Gasteiger partial charge on any atom is 0.276 e. The molecular formula is C18H25ClN4O2. The van der Waals surface area contributed by atoms with E-state index < -0.39 is 0 Å². The lowest BCUT2D eigenvalue weighted by molar-refractivity contribution is 0.101. The number of benzene rings is 1. The molecule has 6 nitrogen and oxygen atoms in total. The fraction of sp³-hybridized carbons (Fsp3) is 0.444. The number of carbonyl (C=O) groups excluding carboxylic acids is 1. The summed E-state index contributed by atoms with van der Waals surface area (Å²) in [5.74, 6) is -0.146. The van der Waals surface area contributed by atoms with Crippen LogP contribution in [0.15, 0.2) is 24.3 Å². The number of amides is 1. The minimum atomic E-state index is -0.146. The van der Waals surface area contributed by atoms with Crippen LogP contribution in [0, 0.1) is 0 Å². The van der Waals surface area contributed by atoms with E-state index in [9.17, 15) is 4.79 Å². The molecule has 0 unspecified atom stereocenters. The number of hydrogen-bond donors (Lipinski definition) is 2. The lowest BCUT2D eigenvalue weighted by atomic mass is 10.1. The van der Waals surface area contributed by atoms with Crippen molar-refractivity contribution in [1.29, 1.82) is 0 Å². The minimum Gasteiger partial charge on any atom is -0.383 e. The van der Waals surface area contributed by atoms with Crippen LogP contribution in [0.2, 0.25) is 0 Å². The third kappa shape index (κ3) is 4.21. The van der Waals surface area contributed by atoms with Crippen molar-refractivity contribution in [3.05, 3.63) is 46.8 Å². The summed E-state index contributed by atoms with van der Waals surface area (Å²) in [6.45, 7) is 4.92. The Morgan fingerprint density at radius 2 is 2.20 bits per heavy atom. The van der Waals surface area contributed by atoms with Crippen molar-refractivity contribution in [2.24, 2.45) is 0 Å². The van der Waals surface area contributed by atoms with Crippen LogP contribution in [0.5, 0.6) is 0 Å². The van der Waals surface area contributed by atoms with Crippen LogP contribution < -0.4 is 10.6 Å². The number of nitrogens with zero attached hydrogens (tertiary/aromatic N) is 2. The number of fused-ring (bicyclic) bond motifs is 1. The number of rotatable bonds is 6. The summed E-state index contributed by atoms with van der Waals surface area (Å²) in [6, 6.07) is 7.88. The molecule has 7 heteroatoms. The van der Waals surface area contributed by atoms with E-state index in [4.69, 9.17) is 4.74 Å². The third-order valence-corrected chi connectivity index (χ3v) is 4.38. The van der Waals surface area contributed by atoms with Gasteiger partial charge in [0.1, 0.15) is 0 Å². The lowest BCUT2D eigenvalue weighted by Gasteiger charge is -2.15. The van der Waals surface area contributed by atoms with E-state index in [0.29, 0.717) is 25.4 Å². The van der Waals surface area contributed by atoms with E-state index in [1.54, 1.807) is 7.11 Å². The van der Waals surface area contributed by atoms with Crippen molar-refractivity contribution in [3.63, 3.8) is 0 Å². The highest BCUT2D eigenvalue weighted by molar-refractivity contribution is 6.04. The normalized spacial score (nSPS) is 13.0. The molecule has 0 radical (unpaired) electrons. The molecule has 1 amide bonds. The summed E-state index contributed by atoms with van der Waals surface area (Å²) >= 11 is 0. The molecule has 136 valence electrons. The smallest absolute Gasteiger partial charge is 0.276 e. The van der Waals surface area contributed by atoms with E-state index >= 15 is 0 Å². The fourth-order valence-electron chi connectivity index (χ4n) is 3.10. The van der Waals surface area contributed by atoms with Crippen molar-refractivity contribution in [3.8, 4) is 0 Å². The van der Waals surface area contributed by atoms with Crippen LogP contribution in [-0.4, -0.2) is 35.9 Å². The maximum absolute atomic E-state index is 12.8. The third-order valence-electron chi connectivity index (χ3n) is 4.38. The Morgan fingerprint density at radius 3 is 2.96 bits per heavy atom. The topological polar surface area (TPSA) is 68.2 Å². The Balaban J connectivity index is 0.00000225. The van der Waals surface area contributed by atoms with Crippen LogP contribution in [0.3, 0.4) is 0 Å². The monoisotopic (exact) mass is 364 g/mol. The Kier molecular flexibility index (Phi) is 6.99. The van der Waals surface area contributed by atoms with Crippen LogP contribution in [0.4, 0.5) is 5.69 Å². The molecule has 1 aliphatic rings. The zero-order chi connectivity index (χ0) is 16.9. The molecule has 0 spiro atoms. The zero-order valence-corrected chi connectivity index (χ0v) is 15.5. The van der Waals surface area contributed by atoms with Gasteiger partial charge in [-0.25, -0.2) is 0 Å². The quantitative estimate of drug-likeness (QED) is 0.826. The standard InChI is InChI=1S/C18H24N4O2.ClH/c1-3-13-6-4-5-7-15(13)20-18(23)17-14-12-19-9-8-16(14)22(21-17)10-11-24-2;/h4-7,19H,3,8-12H2,1-2H3,(H,20,23);1H. The molecule has 0 aliphatic carbocycles. The second-order valence-electron chi connectivity index (χ2n) is 5.88. The van der Waals surface area contributed by atoms with E-state index in [0.717, 1.165) is 41.9 Å². The highest BCUT2D eigenvalue weighted by Gasteiger charge is 2.25. The Bertz CT molecular complexity index is 730. The largest absolute Gasteiger partial charge is 0.383 e. The second-order valence-corrected chi connectivity index (χ2v) is 5.88. The highest BCUT2D eigenvalue weighted by atomic mass is 35.5. The average Bonchev–Trinajstić information content (AvgIpc) is 2.99. The van der Waals surface area contributed by atoms with Crippen LogP contribution in [-0.2, 0) is 30.7 Å². The number of hydrogen-bond acceptors (Lipinski definition) is 4. The molecule has 2 N–H and O–H groups in total. The van der Waals surface area contributed by atoms with Gasteiger partial charge in [0.05, 0.1) is 13.2 Å². The number of carbonyl (C=O) groups is 1. The Labute approximate surface area is 154 Å². The molecule has 0 fully saturated rings. The summed E-state index contributed by atoms with van der Waals surface area (Å²) in [7, 11) is 1.67. The van der Waals surface area contributed by atoms with Gasteiger partial charge in [0.25, 0.3) is 5.91 Å². The lowest BCUT2D eigenvalue weighted by Crippen LogP contribution is -2.26. The summed E-state index contributed by atoms with van der Waals surface area (Å²) in [5.41, 5.74) is 4.63. The van der Waals surface area contributed by atoms with Gasteiger partial charge < -0.3 is 15.4 Å². The SMILES string of the molecule is CCc1ccccc1NC(=O)c1nn(CCOC)c2c1CNCC2.Cl. The van der Waals surface area contributed by atoms with Crippen LogP contribution in [0.1, 0.15) is 34.2 Å². The number of halogens is 1. The van der Waals surface area contributed by atoms with E-state index in [-0.39, 0.29) is 18.3 Å². The molecule has 0 saturated carbocycles. The van der Waals surface area contributed by atoms with Crippen molar-refractivity contribution >= 4 is 24.0 Å². The number of methoxy groups -OCH3 is 1. The zero-order valence-electron chi connectivity index (χ0n) is 14.7. The Hall–Kier alpha value is -1.89. The first-order chi connectivity index (χ1) is 11.7. The fourth-order valence-corrected chi connectivity index (χ4v) is 3.10. The molecular weight excluding hydrogens is 340 g/mol. The summed E-state index contributed by atoms with van der Waals surface area (Å²) < 4.78 is 7.07. The van der Waals surface area contributed by atoms with Gasteiger partial charge in [0.15, 0.2) is 5.69 Å². The first kappa shape index (κ1) is 19.4. The number of nitrogens with one attached hydrogen (secondary N) is 2. The van der Waals surface area contributed by atoms with Crippen molar-refractivity contribution in [2.45, 2.75) is 32.9 Å². The molecule has 2 heterocycles. The van der Waals surface area contributed by atoms with Crippen molar-refractivity contribution < 1.29 is 9.53 Å². The van der Waals surface area contributed by atoms with Crippen LogP contribution >= 0.6 is 12.4 Å². The summed E-state index contributed by atoms with van der Waals surface area (Å²) in [6.07, 6.45) is 1.75. The highest BCUT2D eigenvalue weighted by Crippen LogP contribution is 2.21. The molecule has 3 rings (SSSR count). The average molecular weight is 365 g/mol. The molecule has 0 atom stereocenters. The molecule has 1 aromatic heterocycles. The molecule has 2 aromatic rings. The number of aryl methyl sites for hydroxylation is 1. The van der Waals surface area contributed by atoms with E-state index in [1.807, 2.05) is 28.9 Å². The van der Waals surface area contributed by atoms with Crippen LogP contribution in [0.25, 0.3) is 0 Å². The minimum absolute atomic E-state index is 0. The maximum atomic E-state index is 12.8.